The summed E-state index contributed by atoms with van der Waals surface area (Å²) in [6.45, 7) is 1.91. The number of amides is 2. The van der Waals surface area contributed by atoms with E-state index >= 15 is 0 Å². The molecule has 0 unspecified atom stereocenters. The van der Waals surface area contributed by atoms with Crippen LogP contribution in [0.5, 0.6) is 5.75 Å². The number of hydrogen-bond donors (Lipinski definition) is 2. The normalized spacial score (nSPS) is 10.7. The highest BCUT2D eigenvalue weighted by Crippen LogP contribution is 2.22. The highest BCUT2D eigenvalue weighted by molar-refractivity contribution is 7.14. The number of benzene rings is 2. The van der Waals surface area contributed by atoms with Crippen LogP contribution < -0.4 is 15.4 Å². The summed E-state index contributed by atoms with van der Waals surface area (Å²) in [6, 6.07) is 15.0. The minimum absolute atomic E-state index is 0.122. The molecule has 148 valence electrons. The fourth-order valence-corrected chi connectivity index (χ4v) is 3.37. The van der Waals surface area contributed by atoms with E-state index in [2.05, 4.69) is 15.6 Å². The molecule has 2 aromatic carbocycles. The molecule has 3 aromatic rings. The summed E-state index contributed by atoms with van der Waals surface area (Å²) in [7, 11) is 1.61. The smallest absolute Gasteiger partial charge is 0.250 e. The number of methoxy groups -OCH3 is 1. The van der Waals surface area contributed by atoms with E-state index in [1.165, 1.54) is 17.4 Å². The van der Waals surface area contributed by atoms with E-state index in [1.807, 2.05) is 49.4 Å². The number of aryl methyl sites for hydroxylation is 1. The molecule has 0 bridgehead atoms. The van der Waals surface area contributed by atoms with Crippen LogP contribution in [0.1, 0.15) is 16.8 Å². The molecule has 3 rings (SSSR count). The lowest BCUT2D eigenvalue weighted by Gasteiger charge is -2.08. The van der Waals surface area contributed by atoms with Gasteiger partial charge in [0.1, 0.15) is 5.75 Å². The molecule has 1 aromatic heterocycles. The van der Waals surface area contributed by atoms with Crippen LogP contribution in [0.15, 0.2) is 60.0 Å². The molecular weight excluding hydrogens is 386 g/mol. The van der Waals surface area contributed by atoms with Crippen LogP contribution in [0, 0.1) is 6.92 Å². The van der Waals surface area contributed by atoms with E-state index < -0.39 is 0 Å². The third-order valence-corrected chi connectivity index (χ3v) is 4.84. The Morgan fingerprint density at radius 1 is 1.14 bits per heavy atom. The van der Waals surface area contributed by atoms with Crippen molar-refractivity contribution in [3.8, 4) is 5.75 Å². The van der Waals surface area contributed by atoms with Gasteiger partial charge in [-0.3, -0.25) is 14.9 Å². The molecule has 0 atom stereocenters. The Kier molecular flexibility index (Phi) is 6.76. The number of carbonyl (C=O) groups excluding carboxylic acids is 2. The number of ether oxygens (including phenoxy) is 1. The lowest BCUT2D eigenvalue weighted by Crippen LogP contribution is -2.15. The van der Waals surface area contributed by atoms with Crippen molar-refractivity contribution in [2.75, 3.05) is 17.7 Å². The molecule has 0 saturated carbocycles. The topological polar surface area (TPSA) is 80.3 Å². The van der Waals surface area contributed by atoms with E-state index in [-0.39, 0.29) is 18.2 Å². The molecule has 0 aliphatic carbocycles. The van der Waals surface area contributed by atoms with Crippen LogP contribution in [0.2, 0.25) is 0 Å². The molecule has 1 heterocycles. The molecule has 0 spiro atoms. The van der Waals surface area contributed by atoms with E-state index in [4.69, 9.17) is 4.74 Å². The van der Waals surface area contributed by atoms with Gasteiger partial charge in [-0.15, -0.1) is 11.3 Å². The molecule has 0 aliphatic rings. The van der Waals surface area contributed by atoms with Crippen LogP contribution in [-0.2, 0) is 16.0 Å². The molecule has 2 amide bonds. The molecule has 0 aliphatic heterocycles. The summed E-state index contributed by atoms with van der Waals surface area (Å²) >= 11 is 1.28. The van der Waals surface area contributed by atoms with Gasteiger partial charge in [0.15, 0.2) is 5.13 Å². The maximum absolute atomic E-state index is 12.3. The van der Waals surface area contributed by atoms with Gasteiger partial charge in [-0.2, -0.15) is 0 Å². The maximum atomic E-state index is 12.3. The monoisotopic (exact) mass is 407 g/mol. The first kappa shape index (κ1) is 20.3. The Morgan fingerprint density at radius 3 is 2.66 bits per heavy atom. The second-order valence-corrected chi connectivity index (χ2v) is 7.14. The summed E-state index contributed by atoms with van der Waals surface area (Å²) in [5.74, 6) is 0.318. The van der Waals surface area contributed by atoms with Crippen LogP contribution in [0.25, 0.3) is 6.08 Å². The molecule has 29 heavy (non-hydrogen) atoms. The third-order valence-electron chi connectivity index (χ3n) is 4.03. The minimum Gasteiger partial charge on any atom is -0.496 e. The zero-order chi connectivity index (χ0) is 20.6. The van der Waals surface area contributed by atoms with E-state index in [0.29, 0.717) is 16.5 Å². The van der Waals surface area contributed by atoms with Gasteiger partial charge in [-0.25, -0.2) is 4.98 Å². The van der Waals surface area contributed by atoms with Crippen LogP contribution in [0.3, 0.4) is 0 Å². The van der Waals surface area contributed by atoms with E-state index in [9.17, 15) is 9.59 Å². The average molecular weight is 407 g/mol. The zero-order valence-electron chi connectivity index (χ0n) is 16.1. The Hall–Kier alpha value is -3.45. The quantitative estimate of drug-likeness (QED) is 0.573. The number of hydrogen-bond acceptors (Lipinski definition) is 5. The number of nitrogens with one attached hydrogen (secondary N) is 2. The minimum atomic E-state index is -0.270. The lowest BCUT2D eigenvalue weighted by atomic mass is 10.2. The summed E-state index contributed by atoms with van der Waals surface area (Å²) < 4.78 is 5.22. The van der Waals surface area contributed by atoms with Crippen LogP contribution >= 0.6 is 11.3 Å². The van der Waals surface area contributed by atoms with Crippen molar-refractivity contribution in [3.63, 3.8) is 0 Å². The predicted octanol–water partition coefficient (Wildman–Crippen LogP) is 4.29. The highest BCUT2D eigenvalue weighted by atomic mass is 32.1. The van der Waals surface area contributed by atoms with Crippen molar-refractivity contribution in [2.24, 2.45) is 0 Å². The fraction of sp³-hybridized carbons (Fsp3) is 0.136. The fourth-order valence-electron chi connectivity index (χ4n) is 2.65. The van der Waals surface area contributed by atoms with Gasteiger partial charge in [0.2, 0.25) is 11.8 Å². The molecule has 0 radical (unpaired) electrons. The standard InChI is InChI=1S/C22H21N3O3S/c1-15-12-17(9-10-19(15)28-2)23-21(27)13-18-14-29-22(24-18)25-20(26)11-8-16-6-4-3-5-7-16/h3-12,14H,13H2,1-2H3,(H,23,27)(H,24,25,26)/b11-8+. The van der Waals surface area contributed by atoms with E-state index in [1.54, 1.807) is 24.6 Å². The van der Waals surface area contributed by atoms with Crippen LogP contribution in [0.4, 0.5) is 10.8 Å². The van der Waals surface area contributed by atoms with Gasteiger partial charge in [-0.1, -0.05) is 30.3 Å². The van der Waals surface area contributed by atoms with Crippen LogP contribution in [-0.4, -0.2) is 23.9 Å². The molecule has 7 heteroatoms. The predicted molar refractivity (Wildman–Crippen MR) is 116 cm³/mol. The first-order valence-corrected chi connectivity index (χ1v) is 9.84. The van der Waals surface area contributed by atoms with Crippen molar-refractivity contribution < 1.29 is 14.3 Å². The van der Waals surface area contributed by atoms with Gasteiger partial charge in [0.25, 0.3) is 0 Å². The summed E-state index contributed by atoms with van der Waals surface area (Å²) in [5.41, 5.74) is 3.17. The molecule has 6 nitrogen and oxygen atoms in total. The SMILES string of the molecule is COc1ccc(NC(=O)Cc2csc(NC(=O)/C=C/c3ccccc3)n2)cc1C. The average Bonchev–Trinajstić information content (AvgIpc) is 3.13. The molecule has 0 fully saturated rings. The third kappa shape index (κ3) is 6.02. The Labute approximate surface area is 173 Å². The van der Waals surface area contributed by atoms with E-state index in [0.717, 1.165) is 16.9 Å². The number of nitrogens with zero attached hydrogens (tertiary/aromatic N) is 1. The number of anilines is 2. The number of rotatable bonds is 7. The Bertz CT molecular complexity index is 1030. The van der Waals surface area contributed by atoms with Gasteiger partial charge in [0, 0.05) is 17.1 Å². The van der Waals surface area contributed by atoms with Crippen molar-refractivity contribution in [1.29, 1.82) is 0 Å². The number of carbonyl (C=O) groups is 2. The Balaban J connectivity index is 1.53. The largest absolute Gasteiger partial charge is 0.496 e. The number of aromatic nitrogens is 1. The summed E-state index contributed by atoms with van der Waals surface area (Å²) in [6.07, 6.45) is 3.31. The lowest BCUT2D eigenvalue weighted by molar-refractivity contribution is -0.115. The van der Waals surface area contributed by atoms with Gasteiger partial charge < -0.3 is 10.1 Å². The Morgan fingerprint density at radius 2 is 1.93 bits per heavy atom. The van der Waals surface area contributed by atoms with Crippen molar-refractivity contribution >= 4 is 40.0 Å². The van der Waals surface area contributed by atoms with Crippen molar-refractivity contribution in [2.45, 2.75) is 13.3 Å². The molecule has 2 N–H and O–H groups in total. The number of thiazole rings is 1. The second-order valence-electron chi connectivity index (χ2n) is 6.29. The summed E-state index contributed by atoms with van der Waals surface area (Å²) in [4.78, 5) is 28.6. The maximum Gasteiger partial charge on any atom is 0.250 e. The highest BCUT2D eigenvalue weighted by Gasteiger charge is 2.10. The van der Waals surface area contributed by atoms with Gasteiger partial charge in [0.05, 0.1) is 19.2 Å². The second kappa shape index (κ2) is 9.66. The van der Waals surface area contributed by atoms with Gasteiger partial charge in [-0.05, 0) is 42.3 Å². The summed E-state index contributed by atoms with van der Waals surface area (Å²) in [5, 5.41) is 7.77. The molecule has 0 saturated heterocycles. The van der Waals surface area contributed by atoms with Crippen molar-refractivity contribution in [1.82, 2.24) is 4.98 Å². The zero-order valence-corrected chi connectivity index (χ0v) is 17.0. The van der Waals surface area contributed by atoms with Crippen molar-refractivity contribution in [3.05, 3.63) is 76.8 Å². The van der Waals surface area contributed by atoms with Gasteiger partial charge >= 0.3 is 0 Å². The molecular formula is C22H21N3O3S. The first-order chi connectivity index (χ1) is 14.0. The first-order valence-electron chi connectivity index (χ1n) is 8.96.